The first-order valence-electron chi connectivity index (χ1n) is 4.89. The Labute approximate surface area is 88.6 Å². The van der Waals surface area contributed by atoms with Crippen LogP contribution in [0.1, 0.15) is 38.8 Å². The molecule has 15 heavy (non-hydrogen) atoms. The molecule has 0 amide bonds. The summed E-state index contributed by atoms with van der Waals surface area (Å²) in [7, 11) is 0. The number of ketones is 2. The van der Waals surface area contributed by atoms with E-state index in [-0.39, 0.29) is 11.6 Å². The second-order valence-corrected chi connectivity index (χ2v) is 4.00. The van der Waals surface area contributed by atoms with Crippen LogP contribution in [0.25, 0.3) is 0 Å². The Morgan fingerprint density at radius 1 is 0.867 bits per heavy atom. The van der Waals surface area contributed by atoms with E-state index < -0.39 is 0 Å². The number of carbonyl (C=O) groups excluding carboxylic acids is 2. The minimum absolute atomic E-state index is 0.0345. The van der Waals surface area contributed by atoms with E-state index in [0.29, 0.717) is 16.7 Å². The van der Waals surface area contributed by atoms with Gasteiger partial charge >= 0.3 is 0 Å². The fourth-order valence-electron chi connectivity index (χ4n) is 1.76. The minimum atomic E-state index is -0.0646. The molecule has 1 aromatic rings. The molecule has 0 saturated carbocycles. The molecule has 0 atom stereocenters. The van der Waals surface area contributed by atoms with Crippen molar-refractivity contribution in [2.45, 2.75) is 20.8 Å². The van der Waals surface area contributed by atoms with Gasteiger partial charge in [0.2, 0.25) is 0 Å². The summed E-state index contributed by atoms with van der Waals surface area (Å²) >= 11 is 0. The molecule has 0 N–H and O–H groups in total. The van der Waals surface area contributed by atoms with Crippen molar-refractivity contribution >= 4 is 11.6 Å². The topological polar surface area (TPSA) is 34.1 Å². The van der Waals surface area contributed by atoms with Crippen LogP contribution in [-0.4, -0.2) is 11.6 Å². The lowest BCUT2D eigenvalue weighted by molar-refractivity contribution is 0.0984. The molecule has 0 fully saturated rings. The number of benzene rings is 1. The van der Waals surface area contributed by atoms with Gasteiger partial charge in [0.25, 0.3) is 0 Å². The van der Waals surface area contributed by atoms with E-state index in [1.165, 1.54) is 6.08 Å². The van der Waals surface area contributed by atoms with E-state index >= 15 is 0 Å². The molecule has 0 bridgehead atoms. The Hall–Kier alpha value is -1.70. The van der Waals surface area contributed by atoms with E-state index in [2.05, 4.69) is 0 Å². The zero-order valence-electron chi connectivity index (χ0n) is 9.05. The predicted molar refractivity (Wildman–Crippen MR) is 58.3 cm³/mol. The molecule has 0 heterocycles. The highest BCUT2D eigenvalue weighted by molar-refractivity contribution is 6.24. The maximum absolute atomic E-state index is 11.8. The molecule has 1 aliphatic rings. The lowest BCUT2D eigenvalue weighted by atomic mass is 9.87. The zero-order chi connectivity index (χ0) is 11.2. The van der Waals surface area contributed by atoms with Crippen LogP contribution in [0.15, 0.2) is 23.8 Å². The number of carbonyl (C=O) groups is 2. The second kappa shape index (κ2) is 3.16. The van der Waals surface area contributed by atoms with Crippen molar-refractivity contribution in [1.82, 2.24) is 0 Å². The van der Waals surface area contributed by atoms with Gasteiger partial charge in [-0.15, -0.1) is 0 Å². The summed E-state index contributed by atoms with van der Waals surface area (Å²) in [5.41, 5.74) is 3.69. The van der Waals surface area contributed by atoms with Crippen LogP contribution in [0, 0.1) is 13.8 Å². The van der Waals surface area contributed by atoms with E-state index in [0.717, 1.165) is 11.1 Å². The third kappa shape index (κ3) is 1.42. The number of allylic oxidation sites excluding steroid dienone is 2. The molecular weight excluding hydrogens is 188 g/mol. The van der Waals surface area contributed by atoms with E-state index in [9.17, 15) is 9.59 Å². The second-order valence-electron chi connectivity index (χ2n) is 4.00. The van der Waals surface area contributed by atoms with Crippen molar-refractivity contribution in [3.05, 3.63) is 46.0 Å². The van der Waals surface area contributed by atoms with Crippen LogP contribution in [-0.2, 0) is 0 Å². The minimum Gasteiger partial charge on any atom is -0.289 e. The van der Waals surface area contributed by atoms with Gasteiger partial charge in [-0.25, -0.2) is 0 Å². The molecule has 2 nitrogen and oxygen atoms in total. The lowest BCUT2D eigenvalue weighted by Crippen LogP contribution is -2.16. The van der Waals surface area contributed by atoms with Crippen LogP contribution < -0.4 is 0 Å². The van der Waals surface area contributed by atoms with Crippen molar-refractivity contribution in [2.24, 2.45) is 0 Å². The van der Waals surface area contributed by atoms with Crippen LogP contribution >= 0.6 is 0 Å². The Kier molecular flexibility index (Phi) is 2.07. The predicted octanol–water partition coefficient (Wildman–Crippen LogP) is 2.63. The summed E-state index contributed by atoms with van der Waals surface area (Å²) < 4.78 is 0. The number of Topliss-reactive ketones (excluding diaryl/α,β-unsaturated/α-hetero) is 1. The monoisotopic (exact) mass is 200 g/mol. The molecule has 1 aliphatic carbocycles. The first-order valence-corrected chi connectivity index (χ1v) is 4.89. The van der Waals surface area contributed by atoms with Crippen LogP contribution in [0.3, 0.4) is 0 Å². The van der Waals surface area contributed by atoms with Crippen molar-refractivity contribution in [3.8, 4) is 0 Å². The molecule has 2 rings (SSSR count). The number of fused-ring (bicyclic) bond motifs is 1. The Morgan fingerprint density at radius 2 is 1.40 bits per heavy atom. The smallest absolute Gasteiger partial charge is 0.189 e. The summed E-state index contributed by atoms with van der Waals surface area (Å²) in [4.78, 5) is 23.5. The largest absolute Gasteiger partial charge is 0.289 e. The van der Waals surface area contributed by atoms with Gasteiger partial charge in [0, 0.05) is 16.7 Å². The molecule has 0 saturated heterocycles. The summed E-state index contributed by atoms with van der Waals surface area (Å²) in [6.45, 7) is 5.57. The van der Waals surface area contributed by atoms with Gasteiger partial charge in [0.15, 0.2) is 11.6 Å². The number of hydrogen-bond donors (Lipinski definition) is 0. The maximum Gasteiger partial charge on any atom is 0.189 e. The van der Waals surface area contributed by atoms with Crippen LogP contribution in [0.5, 0.6) is 0 Å². The summed E-state index contributed by atoms with van der Waals surface area (Å²) in [5, 5.41) is 0. The maximum atomic E-state index is 11.8. The molecule has 2 heteroatoms. The summed E-state index contributed by atoms with van der Waals surface area (Å²) in [6, 6.07) is 3.61. The van der Waals surface area contributed by atoms with Crippen molar-refractivity contribution < 1.29 is 9.59 Å². The highest BCUT2D eigenvalue weighted by atomic mass is 16.1. The summed E-state index contributed by atoms with van der Waals surface area (Å²) in [6.07, 6.45) is 1.42. The van der Waals surface area contributed by atoms with Gasteiger partial charge in [0.1, 0.15) is 0 Å². The first kappa shape index (κ1) is 9.84. The fourth-order valence-corrected chi connectivity index (χ4v) is 1.76. The third-order valence-corrected chi connectivity index (χ3v) is 2.85. The van der Waals surface area contributed by atoms with Gasteiger partial charge in [-0.05, 0) is 50.1 Å². The lowest BCUT2D eigenvalue weighted by Gasteiger charge is -2.14. The number of aryl methyl sites for hydroxylation is 2. The average molecular weight is 200 g/mol. The van der Waals surface area contributed by atoms with E-state index in [1.54, 1.807) is 19.1 Å². The van der Waals surface area contributed by atoms with Gasteiger partial charge in [0.05, 0.1) is 0 Å². The molecule has 0 aliphatic heterocycles. The highest BCUT2D eigenvalue weighted by Gasteiger charge is 2.23. The standard InChI is InChI=1S/C13H12O2/c1-7-4-10-11(5-8(7)2)13(15)9(3)6-12(10)14/h4-6H,1-3H3. The molecule has 0 aromatic heterocycles. The Bertz CT molecular complexity index is 508. The SMILES string of the molecule is CC1=CC(=O)c2cc(C)c(C)cc2C1=O. The van der Waals surface area contributed by atoms with Crippen molar-refractivity contribution in [2.75, 3.05) is 0 Å². The number of hydrogen-bond acceptors (Lipinski definition) is 2. The summed E-state index contributed by atoms with van der Waals surface area (Å²) in [5.74, 6) is -0.0992. The van der Waals surface area contributed by atoms with Gasteiger partial charge in [-0.1, -0.05) is 0 Å². The first-order chi connectivity index (χ1) is 7.00. The quantitative estimate of drug-likeness (QED) is 0.645. The Balaban J connectivity index is 2.73. The molecule has 76 valence electrons. The van der Waals surface area contributed by atoms with Crippen molar-refractivity contribution in [1.29, 1.82) is 0 Å². The fraction of sp³-hybridized carbons (Fsp3) is 0.231. The third-order valence-electron chi connectivity index (χ3n) is 2.85. The molecule has 0 unspecified atom stereocenters. The van der Waals surface area contributed by atoms with E-state index in [4.69, 9.17) is 0 Å². The normalized spacial score (nSPS) is 15.0. The average Bonchev–Trinajstić information content (AvgIpc) is 2.18. The highest BCUT2D eigenvalue weighted by Crippen LogP contribution is 2.24. The zero-order valence-corrected chi connectivity index (χ0v) is 9.05. The van der Waals surface area contributed by atoms with Gasteiger partial charge in [-0.3, -0.25) is 9.59 Å². The number of rotatable bonds is 0. The molecule has 0 spiro atoms. The van der Waals surface area contributed by atoms with Gasteiger partial charge in [-0.2, -0.15) is 0 Å². The van der Waals surface area contributed by atoms with E-state index in [1.807, 2.05) is 13.8 Å². The van der Waals surface area contributed by atoms with Crippen LogP contribution in [0.4, 0.5) is 0 Å². The molecule has 0 radical (unpaired) electrons. The molecule has 1 aromatic carbocycles. The van der Waals surface area contributed by atoms with Gasteiger partial charge < -0.3 is 0 Å². The van der Waals surface area contributed by atoms with Crippen molar-refractivity contribution in [3.63, 3.8) is 0 Å². The van der Waals surface area contributed by atoms with Crippen LogP contribution in [0.2, 0.25) is 0 Å². The Morgan fingerprint density at radius 3 is 2.00 bits per heavy atom. The molecular formula is C13H12O2.